The summed E-state index contributed by atoms with van der Waals surface area (Å²) in [7, 11) is 0. The lowest BCUT2D eigenvalue weighted by Gasteiger charge is -2.25. The first-order valence-electron chi connectivity index (χ1n) is 8.73. The minimum Gasteiger partial charge on any atom is -0.485 e. The summed E-state index contributed by atoms with van der Waals surface area (Å²) in [5.74, 6) is -0.427. The maximum absolute atomic E-state index is 12.2. The molecule has 0 spiro atoms. The van der Waals surface area contributed by atoms with E-state index in [9.17, 15) is 14.4 Å². The van der Waals surface area contributed by atoms with Crippen LogP contribution < -0.4 is 20.1 Å². The summed E-state index contributed by atoms with van der Waals surface area (Å²) in [5, 5.41) is 4.93. The second kappa shape index (κ2) is 8.07. The van der Waals surface area contributed by atoms with Crippen LogP contribution in [0.3, 0.4) is 0 Å². The van der Waals surface area contributed by atoms with E-state index in [-0.39, 0.29) is 12.6 Å². The molecular formula is C18H22N2O6. The van der Waals surface area contributed by atoms with E-state index in [0.29, 0.717) is 11.5 Å². The highest BCUT2D eigenvalue weighted by Crippen LogP contribution is 2.31. The molecule has 0 aromatic heterocycles. The number of esters is 1. The molecule has 0 bridgehead atoms. The number of fused-ring (bicyclic) bond motifs is 1. The van der Waals surface area contributed by atoms with Gasteiger partial charge in [0.1, 0.15) is 6.61 Å². The van der Waals surface area contributed by atoms with E-state index in [0.717, 1.165) is 25.7 Å². The Labute approximate surface area is 151 Å². The fourth-order valence-corrected chi connectivity index (χ4v) is 2.94. The van der Waals surface area contributed by atoms with Crippen molar-refractivity contribution in [2.75, 3.05) is 6.61 Å². The molecular weight excluding hydrogens is 340 g/mol. The molecule has 2 N–H and O–H groups in total. The van der Waals surface area contributed by atoms with Gasteiger partial charge in [-0.2, -0.15) is 0 Å². The summed E-state index contributed by atoms with van der Waals surface area (Å²) in [6.07, 6.45) is 1.86. The first-order chi connectivity index (χ1) is 12.5. The molecule has 1 fully saturated rings. The van der Waals surface area contributed by atoms with Crippen molar-refractivity contribution < 1.29 is 28.6 Å². The van der Waals surface area contributed by atoms with Crippen molar-refractivity contribution in [2.45, 2.75) is 50.9 Å². The van der Waals surface area contributed by atoms with Crippen LogP contribution in [-0.2, 0) is 14.3 Å². The molecule has 2 aliphatic rings. The third-order valence-corrected chi connectivity index (χ3v) is 4.36. The molecule has 3 rings (SSSR count). The van der Waals surface area contributed by atoms with E-state index < -0.39 is 30.1 Å². The van der Waals surface area contributed by atoms with Crippen LogP contribution in [-0.4, -0.2) is 42.8 Å². The number of para-hydroxylation sites is 2. The van der Waals surface area contributed by atoms with Crippen molar-refractivity contribution in [1.29, 1.82) is 0 Å². The highest BCUT2D eigenvalue weighted by Gasteiger charge is 2.31. The predicted octanol–water partition coefficient (Wildman–Crippen LogP) is 1.53. The summed E-state index contributed by atoms with van der Waals surface area (Å²) in [6, 6.07) is 6.48. The molecule has 2 atom stereocenters. The molecule has 1 saturated carbocycles. The zero-order chi connectivity index (χ0) is 18.5. The Morgan fingerprint density at radius 2 is 1.85 bits per heavy atom. The topological polar surface area (TPSA) is 103 Å². The molecule has 0 saturated heterocycles. The third-order valence-electron chi connectivity index (χ3n) is 4.36. The summed E-state index contributed by atoms with van der Waals surface area (Å²) in [5.41, 5.74) is 0. The Balaban J connectivity index is 1.46. The van der Waals surface area contributed by atoms with Crippen molar-refractivity contribution in [3.63, 3.8) is 0 Å². The molecule has 1 heterocycles. The second-order valence-corrected chi connectivity index (χ2v) is 6.39. The van der Waals surface area contributed by atoms with Crippen molar-refractivity contribution >= 4 is 17.9 Å². The first kappa shape index (κ1) is 18.0. The van der Waals surface area contributed by atoms with Gasteiger partial charge in [-0.25, -0.2) is 9.59 Å². The number of ether oxygens (including phenoxy) is 3. The largest absolute Gasteiger partial charge is 0.485 e. The van der Waals surface area contributed by atoms with Crippen molar-refractivity contribution in [3.05, 3.63) is 24.3 Å². The fourth-order valence-electron chi connectivity index (χ4n) is 2.94. The summed E-state index contributed by atoms with van der Waals surface area (Å²) < 4.78 is 16.1. The van der Waals surface area contributed by atoms with E-state index in [4.69, 9.17) is 14.2 Å². The summed E-state index contributed by atoms with van der Waals surface area (Å²) >= 11 is 0. The SMILES string of the molecule is C[C@H](OC(=O)[C@H]1COc2ccccc2O1)C(=O)NC(=O)NC1CCCC1. The average molecular weight is 362 g/mol. The van der Waals surface area contributed by atoms with Crippen LogP contribution in [0.1, 0.15) is 32.6 Å². The molecule has 8 heteroatoms. The normalized spacial score (nSPS) is 20.1. The fraction of sp³-hybridized carbons (Fsp3) is 0.500. The van der Waals surface area contributed by atoms with Crippen LogP contribution in [0.4, 0.5) is 4.79 Å². The Bertz CT molecular complexity index is 686. The van der Waals surface area contributed by atoms with E-state index in [1.807, 2.05) is 0 Å². The number of rotatable bonds is 4. The van der Waals surface area contributed by atoms with Crippen molar-refractivity contribution in [2.24, 2.45) is 0 Å². The summed E-state index contributed by atoms with van der Waals surface area (Å²) in [6.45, 7) is 1.39. The number of carbonyl (C=O) groups excluding carboxylic acids is 3. The zero-order valence-corrected chi connectivity index (χ0v) is 14.5. The van der Waals surface area contributed by atoms with Gasteiger partial charge in [0.05, 0.1) is 0 Å². The van der Waals surface area contributed by atoms with Crippen molar-refractivity contribution in [3.8, 4) is 11.5 Å². The van der Waals surface area contributed by atoms with Gasteiger partial charge < -0.3 is 19.5 Å². The number of amides is 3. The van der Waals surface area contributed by atoms with Gasteiger partial charge in [-0.15, -0.1) is 0 Å². The molecule has 8 nitrogen and oxygen atoms in total. The third kappa shape index (κ3) is 4.44. The quantitative estimate of drug-likeness (QED) is 0.788. The number of carbonyl (C=O) groups is 3. The minimum absolute atomic E-state index is 0.00759. The number of hydrogen-bond donors (Lipinski definition) is 2. The Morgan fingerprint density at radius 3 is 2.58 bits per heavy atom. The van der Waals surface area contributed by atoms with E-state index in [2.05, 4.69) is 10.6 Å². The molecule has 1 aromatic rings. The number of benzene rings is 1. The van der Waals surface area contributed by atoms with Crippen LogP contribution in [0.15, 0.2) is 24.3 Å². The molecule has 140 valence electrons. The van der Waals surface area contributed by atoms with Gasteiger partial charge in [-0.3, -0.25) is 10.1 Å². The molecule has 0 unspecified atom stereocenters. The Kier molecular flexibility index (Phi) is 5.60. The lowest BCUT2D eigenvalue weighted by Crippen LogP contribution is -2.48. The first-order valence-corrected chi connectivity index (χ1v) is 8.73. The lowest BCUT2D eigenvalue weighted by molar-refractivity contribution is -0.163. The van der Waals surface area contributed by atoms with Gasteiger partial charge in [0.25, 0.3) is 5.91 Å². The zero-order valence-electron chi connectivity index (χ0n) is 14.5. The average Bonchev–Trinajstić information content (AvgIpc) is 3.13. The number of urea groups is 1. The van der Waals surface area contributed by atoms with Crippen LogP contribution in [0.25, 0.3) is 0 Å². The Hall–Kier alpha value is -2.77. The molecule has 3 amide bonds. The van der Waals surface area contributed by atoms with Crippen molar-refractivity contribution in [1.82, 2.24) is 10.6 Å². The van der Waals surface area contributed by atoms with Gasteiger partial charge in [0.2, 0.25) is 6.10 Å². The van der Waals surface area contributed by atoms with Crippen LogP contribution in [0.5, 0.6) is 11.5 Å². The Morgan fingerprint density at radius 1 is 1.15 bits per heavy atom. The van der Waals surface area contributed by atoms with Gasteiger partial charge in [0.15, 0.2) is 17.6 Å². The van der Waals surface area contributed by atoms with Crippen LogP contribution in [0, 0.1) is 0 Å². The van der Waals surface area contributed by atoms with Gasteiger partial charge in [0, 0.05) is 6.04 Å². The number of hydrogen-bond acceptors (Lipinski definition) is 6. The maximum Gasteiger partial charge on any atom is 0.351 e. The van der Waals surface area contributed by atoms with Crippen LogP contribution >= 0.6 is 0 Å². The smallest absolute Gasteiger partial charge is 0.351 e. The van der Waals surface area contributed by atoms with E-state index >= 15 is 0 Å². The lowest BCUT2D eigenvalue weighted by atomic mass is 10.2. The van der Waals surface area contributed by atoms with Gasteiger partial charge >= 0.3 is 12.0 Å². The highest BCUT2D eigenvalue weighted by atomic mass is 16.6. The monoisotopic (exact) mass is 362 g/mol. The van der Waals surface area contributed by atoms with E-state index in [1.54, 1.807) is 24.3 Å². The van der Waals surface area contributed by atoms with Gasteiger partial charge in [-0.05, 0) is 31.9 Å². The summed E-state index contributed by atoms with van der Waals surface area (Å²) in [4.78, 5) is 36.0. The second-order valence-electron chi connectivity index (χ2n) is 6.39. The highest BCUT2D eigenvalue weighted by molar-refractivity contribution is 5.97. The molecule has 0 radical (unpaired) electrons. The molecule has 1 aliphatic heterocycles. The number of nitrogens with one attached hydrogen (secondary N) is 2. The van der Waals surface area contributed by atoms with Gasteiger partial charge in [-0.1, -0.05) is 25.0 Å². The predicted molar refractivity (Wildman–Crippen MR) is 90.8 cm³/mol. The van der Waals surface area contributed by atoms with E-state index in [1.165, 1.54) is 6.92 Å². The van der Waals surface area contributed by atoms with Crippen LogP contribution in [0.2, 0.25) is 0 Å². The maximum atomic E-state index is 12.2. The minimum atomic E-state index is -1.13. The standard InChI is InChI=1S/C18H22N2O6/c1-11(16(21)20-18(23)19-12-6-2-3-7-12)25-17(22)15-10-24-13-8-4-5-9-14(13)26-15/h4-5,8-9,11-12,15H,2-3,6-7,10H2,1H3,(H2,19,20,21,23)/t11-,15+/m0/s1. The molecule has 26 heavy (non-hydrogen) atoms. The molecule has 1 aromatic carbocycles. The number of imide groups is 1. The molecule has 1 aliphatic carbocycles.